The molecule has 0 radical (unpaired) electrons. The zero-order valence-electron chi connectivity index (χ0n) is 11.6. The lowest BCUT2D eigenvalue weighted by atomic mass is 10.0. The summed E-state index contributed by atoms with van der Waals surface area (Å²) in [6, 6.07) is 1.43. The summed E-state index contributed by atoms with van der Waals surface area (Å²) in [5.74, 6) is 0.627. The van der Waals surface area contributed by atoms with E-state index in [9.17, 15) is 8.42 Å². The van der Waals surface area contributed by atoms with E-state index in [0.29, 0.717) is 5.76 Å². The molecule has 2 rings (SSSR count). The molecule has 0 aromatic carbocycles. The summed E-state index contributed by atoms with van der Waals surface area (Å²) >= 11 is 0. The predicted molar refractivity (Wildman–Crippen MR) is 71.2 cm³/mol. The van der Waals surface area contributed by atoms with E-state index in [-0.39, 0.29) is 29.3 Å². The number of furan rings is 1. The fraction of sp³-hybridized carbons (Fsp3) is 0.692. The Morgan fingerprint density at radius 1 is 1.37 bits per heavy atom. The molecular weight excluding hydrogens is 266 g/mol. The average molecular weight is 287 g/mol. The first-order valence-corrected chi connectivity index (χ1v) is 8.05. The number of hydrogen-bond acceptors (Lipinski definition) is 4. The molecule has 1 aliphatic rings. The lowest BCUT2D eigenvalue weighted by Gasteiger charge is -2.37. The van der Waals surface area contributed by atoms with Gasteiger partial charge in [0, 0.05) is 18.2 Å². The lowest BCUT2D eigenvalue weighted by molar-refractivity contribution is 0.204. The minimum atomic E-state index is -3.55. The minimum Gasteiger partial charge on any atom is -0.462 e. The molecule has 1 aromatic rings. The van der Waals surface area contributed by atoms with Gasteiger partial charge in [-0.1, -0.05) is 6.42 Å². The number of piperidine rings is 1. The maximum absolute atomic E-state index is 12.7. The second kappa shape index (κ2) is 5.26. The second-order valence-corrected chi connectivity index (χ2v) is 7.07. The Balaban J connectivity index is 2.43. The molecule has 1 saturated heterocycles. The van der Waals surface area contributed by atoms with Crippen molar-refractivity contribution >= 4 is 10.0 Å². The van der Waals surface area contributed by atoms with Gasteiger partial charge in [0.25, 0.3) is 0 Å². The van der Waals surface area contributed by atoms with Crippen LogP contribution in [0.25, 0.3) is 0 Å². The third kappa shape index (κ3) is 2.57. The summed E-state index contributed by atoms with van der Waals surface area (Å²) in [5.41, 5.74) is 0. The SMILES string of the molecule is Cc1oc(CO)cc1S(=O)(=O)N1[C@H](C)CCC[C@@H]1C. The number of rotatable bonds is 3. The smallest absolute Gasteiger partial charge is 0.247 e. The van der Waals surface area contributed by atoms with Crippen LogP contribution in [0.3, 0.4) is 0 Å². The molecule has 19 heavy (non-hydrogen) atoms. The summed E-state index contributed by atoms with van der Waals surface area (Å²) in [6.07, 6.45) is 2.82. The number of nitrogens with zero attached hydrogens (tertiary/aromatic N) is 1. The van der Waals surface area contributed by atoms with Crippen LogP contribution in [-0.2, 0) is 16.6 Å². The molecule has 0 aliphatic carbocycles. The third-order valence-electron chi connectivity index (χ3n) is 3.75. The van der Waals surface area contributed by atoms with Gasteiger partial charge in [0.1, 0.15) is 23.0 Å². The molecule has 1 aromatic heterocycles. The van der Waals surface area contributed by atoms with E-state index < -0.39 is 10.0 Å². The van der Waals surface area contributed by atoms with Gasteiger partial charge in [0.2, 0.25) is 10.0 Å². The Morgan fingerprint density at radius 2 is 1.95 bits per heavy atom. The summed E-state index contributed by atoms with van der Waals surface area (Å²) in [6.45, 7) is 5.21. The summed E-state index contributed by atoms with van der Waals surface area (Å²) in [4.78, 5) is 0.178. The van der Waals surface area contributed by atoms with Gasteiger partial charge in [0.15, 0.2) is 0 Å². The second-order valence-electron chi connectivity index (χ2n) is 5.26. The Hall–Kier alpha value is -0.850. The molecular formula is C13H21NO4S. The summed E-state index contributed by atoms with van der Waals surface area (Å²) < 4.78 is 32.3. The van der Waals surface area contributed by atoms with Crippen LogP contribution >= 0.6 is 0 Å². The molecule has 0 unspecified atom stereocenters. The maximum atomic E-state index is 12.7. The van der Waals surface area contributed by atoms with Crippen LogP contribution in [0.4, 0.5) is 0 Å². The van der Waals surface area contributed by atoms with Gasteiger partial charge in [-0.25, -0.2) is 8.42 Å². The Bertz CT molecular complexity index is 539. The highest BCUT2D eigenvalue weighted by Crippen LogP contribution is 2.31. The van der Waals surface area contributed by atoms with E-state index in [0.717, 1.165) is 19.3 Å². The molecule has 0 saturated carbocycles. The summed E-state index contributed by atoms with van der Waals surface area (Å²) in [5, 5.41) is 9.05. The maximum Gasteiger partial charge on any atom is 0.247 e. The monoisotopic (exact) mass is 287 g/mol. The molecule has 1 aliphatic heterocycles. The van der Waals surface area contributed by atoms with Crippen LogP contribution in [0, 0.1) is 6.92 Å². The van der Waals surface area contributed by atoms with E-state index in [2.05, 4.69) is 0 Å². The molecule has 0 amide bonds. The van der Waals surface area contributed by atoms with Crippen molar-refractivity contribution in [2.45, 2.75) is 63.6 Å². The third-order valence-corrected chi connectivity index (χ3v) is 5.98. The van der Waals surface area contributed by atoms with Gasteiger partial charge >= 0.3 is 0 Å². The fourth-order valence-corrected chi connectivity index (χ4v) is 4.91. The van der Waals surface area contributed by atoms with Crippen LogP contribution < -0.4 is 0 Å². The normalized spacial score (nSPS) is 25.7. The minimum absolute atomic E-state index is 0.000580. The molecule has 108 valence electrons. The Morgan fingerprint density at radius 3 is 2.42 bits per heavy atom. The van der Waals surface area contributed by atoms with Gasteiger partial charge in [-0.3, -0.25) is 0 Å². The van der Waals surface area contributed by atoms with E-state index in [1.54, 1.807) is 11.2 Å². The predicted octanol–water partition coefficient (Wildman–Crippen LogP) is 2.03. The fourth-order valence-electron chi connectivity index (χ4n) is 2.84. The van der Waals surface area contributed by atoms with Crippen LogP contribution in [-0.4, -0.2) is 29.9 Å². The molecule has 1 N–H and O–H groups in total. The van der Waals surface area contributed by atoms with E-state index in [1.807, 2.05) is 13.8 Å². The average Bonchev–Trinajstić information content (AvgIpc) is 2.70. The highest BCUT2D eigenvalue weighted by Gasteiger charge is 2.37. The van der Waals surface area contributed by atoms with Crippen molar-refractivity contribution in [3.05, 3.63) is 17.6 Å². The van der Waals surface area contributed by atoms with E-state index in [1.165, 1.54) is 6.07 Å². The molecule has 0 spiro atoms. The largest absolute Gasteiger partial charge is 0.462 e. The van der Waals surface area contributed by atoms with Crippen molar-refractivity contribution in [3.63, 3.8) is 0 Å². The van der Waals surface area contributed by atoms with Gasteiger partial charge in [0.05, 0.1) is 0 Å². The van der Waals surface area contributed by atoms with Gasteiger partial charge in [-0.2, -0.15) is 4.31 Å². The molecule has 5 nitrogen and oxygen atoms in total. The van der Waals surface area contributed by atoms with Crippen LogP contribution in [0.15, 0.2) is 15.4 Å². The molecule has 6 heteroatoms. The Labute approximate surface area is 114 Å². The van der Waals surface area contributed by atoms with Gasteiger partial charge < -0.3 is 9.52 Å². The first kappa shape index (κ1) is 14.6. The number of aryl methyl sites for hydroxylation is 1. The zero-order valence-corrected chi connectivity index (χ0v) is 12.4. The van der Waals surface area contributed by atoms with Crippen LogP contribution in [0.5, 0.6) is 0 Å². The summed E-state index contributed by atoms with van der Waals surface area (Å²) in [7, 11) is -3.55. The zero-order chi connectivity index (χ0) is 14.2. The number of hydrogen-bond donors (Lipinski definition) is 1. The Kier molecular flexibility index (Phi) is 4.03. The number of aliphatic hydroxyl groups excluding tert-OH is 1. The standard InChI is InChI=1S/C13H21NO4S/c1-9-5-4-6-10(2)14(9)19(16,17)13-7-12(8-15)18-11(13)3/h7,9-10,15H,4-6,8H2,1-3H3/t9-,10+. The van der Waals surface area contributed by atoms with Crippen molar-refractivity contribution in [2.24, 2.45) is 0 Å². The molecule has 2 heterocycles. The quantitative estimate of drug-likeness (QED) is 0.923. The highest BCUT2D eigenvalue weighted by molar-refractivity contribution is 7.89. The molecule has 2 atom stereocenters. The van der Waals surface area contributed by atoms with Crippen molar-refractivity contribution in [1.29, 1.82) is 0 Å². The number of sulfonamides is 1. The van der Waals surface area contributed by atoms with E-state index >= 15 is 0 Å². The van der Waals surface area contributed by atoms with Crippen molar-refractivity contribution < 1.29 is 17.9 Å². The van der Waals surface area contributed by atoms with Crippen molar-refractivity contribution in [2.75, 3.05) is 0 Å². The van der Waals surface area contributed by atoms with Gasteiger partial charge in [-0.15, -0.1) is 0 Å². The molecule has 0 bridgehead atoms. The van der Waals surface area contributed by atoms with Crippen LogP contribution in [0.2, 0.25) is 0 Å². The van der Waals surface area contributed by atoms with E-state index in [4.69, 9.17) is 9.52 Å². The topological polar surface area (TPSA) is 70.8 Å². The first-order chi connectivity index (χ1) is 8.87. The molecule has 1 fully saturated rings. The lowest BCUT2D eigenvalue weighted by Crippen LogP contribution is -2.47. The number of aliphatic hydroxyl groups is 1. The van der Waals surface area contributed by atoms with Crippen molar-refractivity contribution in [1.82, 2.24) is 4.31 Å². The first-order valence-electron chi connectivity index (χ1n) is 6.61. The highest BCUT2D eigenvalue weighted by atomic mass is 32.2. The van der Waals surface area contributed by atoms with Crippen LogP contribution in [0.1, 0.15) is 44.6 Å². The van der Waals surface area contributed by atoms with Gasteiger partial charge in [-0.05, 0) is 33.6 Å². The van der Waals surface area contributed by atoms with Crippen molar-refractivity contribution in [3.8, 4) is 0 Å².